The van der Waals surface area contributed by atoms with Gasteiger partial charge in [0.2, 0.25) is 0 Å². The van der Waals surface area contributed by atoms with E-state index in [1.165, 1.54) is 32.5 Å². The Balaban J connectivity index is 3.52. The maximum atomic E-state index is 3.52. The van der Waals surface area contributed by atoms with Gasteiger partial charge in [0.1, 0.15) is 0 Å². The summed E-state index contributed by atoms with van der Waals surface area (Å²) in [6.45, 7) is 15.8. The fourth-order valence-corrected chi connectivity index (χ4v) is 1.40. The number of hydrogen-bond donors (Lipinski definition) is 1. The molecule has 0 aliphatic carbocycles. The number of nitrogens with one attached hydrogen (secondary N) is 1. The van der Waals surface area contributed by atoms with Crippen LogP contribution >= 0.6 is 0 Å². The molecule has 0 unspecified atom stereocenters. The summed E-state index contributed by atoms with van der Waals surface area (Å²) in [6.07, 6.45) is 2.62. The average molecular weight is 200 g/mol. The van der Waals surface area contributed by atoms with Gasteiger partial charge in [-0.05, 0) is 40.3 Å². The van der Waals surface area contributed by atoms with Gasteiger partial charge in [0.05, 0.1) is 0 Å². The second-order valence-corrected chi connectivity index (χ2v) is 4.96. The lowest BCUT2D eigenvalue weighted by molar-refractivity contribution is 0.269. The monoisotopic (exact) mass is 200 g/mol. The zero-order valence-corrected chi connectivity index (χ0v) is 10.7. The first kappa shape index (κ1) is 13.9. The highest BCUT2D eigenvalue weighted by Gasteiger charge is 2.08. The SMILES string of the molecule is CCCCN(CC)CCNC(C)(C)C. The van der Waals surface area contributed by atoms with E-state index in [0.29, 0.717) is 0 Å². The van der Waals surface area contributed by atoms with Crippen LogP contribution in [0.15, 0.2) is 0 Å². The Labute approximate surface area is 90.1 Å². The molecule has 0 saturated carbocycles. The van der Waals surface area contributed by atoms with Crippen molar-refractivity contribution in [1.82, 2.24) is 10.2 Å². The second kappa shape index (κ2) is 7.24. The number of likely N-dealkylation sites (N-methyl/N-ethyl adjacent to an activating group) is 1. The molecule has 0 spiro atoms. The number of rotatable bonds is 7. The van der Waals surface area contributed by atoms with Gasteiger partial charge in [-0.25, -0.2) is 0 Å². The fraction of sp³-hybridized carbons (Fsp3) is 1.00. The van der Waals surface area contributed by atoms with Gasteiger partial charge in [-0.15, -0.1) is 0 Å². The van der Waals surface area contributed by atoms with Crippen molar-refractivity contribution in [3.63, 3.8) is 0 Å². The van der Waals surface area contributed by atoms with Crippen molar-refractivity contribution in [2.24, 2.45) is 0 Å². The molecular formula is C12H28N2. The average Bonchev–Trinajstić information content (AvgIpc) is 2.09. The van der Waals surface area contributed by atoms with Gasteiger partial charge in [-0.3, -0.25) is 0 Å². The third-order valence-corrected chi connectivity index (χ3v) is 2.36. The van der Waals surface area contributed by atoms with Gasteiger partial charge in [-0.2, -0.15) is 0 Å². The Bertz CT molecular complexity index is 127. The lowest BCUT2D eigenvalue weighted by atomic mass is 10.1. The predicted octanol–water partition coefficient (Wildman–Crippen LogP) is 2.50. The fourth-order valence-electron chi connectivity index (χ4n) is 1.40. The van der Waals surface area contributed by atoms with Gasteiger partial charge in [-0.1, -0.05) is 20.3 Å². The van der Waals surface area contributed by atoms with E-state index in [0.717, 1.165) is 6.54 Å². The molecule has 0 atom stereocenters. The van der Waals surface area contributed by atoms with Gasteiger partial charge < -0.3 is 10.2 Å². The molecule has 86 valence electrons. The van der Waals surface area contributed by atoms with E-state index >= 15 is 0 Å². The highest BCUT2D eigenvalue weighted by atomic mass is 15.1. The van der Waals surface area contributed by atoms with Crippen LogP contribution in [0.5, 0.6) is 0 Å². The van der Waals surface area contributed by atoms with E-state index in [4.69, 9.17) is 0 Å². The molecule has 2 nitrogen and oxygen atoms in total. The summed E-state index contributed by atoms with van der Waals surface area (Å²) in [5.41, 5.74) is 0.254. The lowest BCUT2D eigenvalue weighted by Gasteiger charge is -2.25. The molecule has 0 aliphatic rings. The van der Waals surface area contributed by atoms with Crippen molar-refractivity contribution < 1.29 is 0 Å². The molecule has 0 amide bonds. The lowest BCUT2D eigenvalue weighted by Crippen LogP contribution is -2.41. The normalized spacial score (nSPS) is 12.4. The predicted molar refractivity (Wildman–Crippen MR) is 64.8 cm³/mol. The molecule has 2 heteroatoms. The molecule has 0 bridgehead atoms. The summed E-state index contributed by atoms with van der Waals surface area (Å²) in [5.74, 6) is 0. The largest absolute Gasteiger partial charge is 0.311 e. The van der Waals surface area contributed by atoms with Gasteiger partial charge in [0, 0.05) is 18.6 Å². The molecule has 0 heterocycles. The Hall–Kier alpha value is -0.0800. The summed E-state index contributed by atoms with van der Waals surface area (Å²) in [5, 5.41) is 3.52. The quantitative estimate of drug-likeness (QED) is 0.679. The minimum absolute atomic E-state index is 0.254. The van der Waals surface area contributed by atoms with Crippen LogP contribution in [0.25, 0.3) is 0 Å². The van der Waals surface area contributed by atoms with E-state index in [-0.39, 0.29) is 5.54 Å². The molecule has 0 aromatic rings. The summed E-state index contributed by atoms with van der Waals surface area (Å²) < 4.78 is 0. The van der Waals surface area contributed by atoms with E-state index in [9.17, 15) is 0 Å². The summed E-state index contributed by atoms with van der Waals surface area (Å²) in [4.78, 5) is 2.52. The molecule has 0 aromatic heterocycles. The molecule has 14 heavy (non-hydrogen) atoms. The molecule has 0 fully saturated rings. The highest BCUT2D eigenvalue weighted by Crippen LogP contribution is 1.98. The molecule has 0 aliphatic heterocycles. The van der Waals surface area contributed by atoms with Crippen LogP contribution in [0.4, 0.5) is 0 Å². The van der Waals surface area contributed by atoms with Crippen LogP contribution in [0.3, 0.4) is 0 Å². The number of hydrogen-bond acceptors (Lipinski definition) is 2. The minimum atomic E-state index is 0.254. The minimum Gasteiger partial charge on any atom is -0.311 e. The smallest absolute Gasteiger partial charge is 0.0107 e. The van der Waals surface area contributed by atoms with Crippen molar-refractivity contribution in [2.45, 2.75) is 53.0 Å². The van der Waals surface area contributed by atoms with Crippen molar-refractivity contribution in [2.75, 3.05) is 26.2 Å². The summed E-state index contributed by atoms with van der Waals surface area (Å²) in [6, 6.07) is 0. The van der Waals surface area contributed by atoms with Crippen molar-refractivity contribution in [3.8, 4) is 0 Å². The van der Waals surface area contributed by atoms with Crippen LogP contribution < -0.4 is 5.32 Å². The van der Waals surface area contributed by atoms with Gasteiger partial charge in [0.25, 0.3) is 0 Å². The van der Waals surface area contributed by atoms with Crippen molar-refractivity contribution in [1.29, 1.82) is 0 Å². The van der Waals surface area contributed by atoms with Crippen LogP contribution in [-0.4, -0.2) is 36.6 Å². The van der Waals surface area contributed by atoms with Gasteiger partial charge in [0.15, 0.2) is 0 Å². The first-order chi connectivity index (χ1) is 6.49. The molecule has 0 aromatic carbocycles. The summed E-state index contributed by atoms with van der Waals surface area (Å²) >= 11 is 0. The molecular weight excluding hydrogens is 172 g/mol. The van der Waals surface area contributed by atoms with E-state index in [1.54, 1.807) is 0 Å². The zero-order valence-electron chi connectivity index (χ0n) is 10.7. The highest BCUT2D eigenvalue weighted by molar-refractivity contribution is 4.71. The van der Waals surface area contributed by atoms with E-state index in [1.807, 2.05) is 0 Å². The number of nitrogens with zero attached hydrogens (tertiary/aromatic N) is 1. The number of unbranched alkanes of at least 4 members (excludes halogenated alkanes) is 1. The maximum Gasteiger partial charge on any atom is 0.0107 e. The Kier molecular flexibility index (Phi) is 7.20. The van der Waals surface area contributed by atoms with Gasteiger partial charge >= 0.3 is 0 Å². The molecule has 0 radical (unpaired) electrons. The van der Waals surface area contributed by atoms with E-state index in [2.05, 4.69) is 44.8 Å². The molecule has 0 rings (SSSR count). The van der Waals surface area contributed by atoms with E-state index < -0.39 is 0 Å². The summed E-state index contributed by atoms with van der Waals surface area (Å²) in [7, 11) is 0. The Morgan fingerprint density at radius 3 is 2.14 bits per heavy atom. The maximum absolute atomic E-state index is 3.52. The Morgan fingerprint density at radius 2 is 1.71 bits per heavy atom. The Morgan fingerprint density at radius 1 is 1.07 bits per heavy atom. The van der Waals surface area contributed by atoms with Crippen LogP contribution in [0.2, 0.25) is 0 Å². The first-order valence-electron chi connectivity index (χ1n) is 5.97. The zero-order chi connectivity index (χ0) is 11.0. The third-order valence-electron chi connectivity index (χ3n) is 2.36. The standard InChI is InChI=1S/C12H28N2/c1-6-8-10-14(7-2)11-9-13-12(3,4)5/h13H,6-11H2,1-5H3. The topological polar surface area (TPSA) is 15.3 Å². The third kappa shape index (κ3) is 8.52. The molecule has 1 N–H and O–H groups in total. The van der Waals surface area contributed by atoms with Crippen LogP contribution in [-0.2, 0) is 0 Å². The first-order valence-corrected chi connectivity index (χ1v) is 5.97. The van der Waals surface area contributed by atoms with Crippen molar-refractivity contribution >= 4 is 0 Å². The van der Waals surface area contributed by atoms with Crippen LogP contribution in [0, 0.1) is 0 Å². The second-order valence-electron chi connectivity index (χ2n) is 4.96. The van der Waals surface area contributed by atoms with Crippen LogP contribution in [0.1, 0.15) is 47.5 Å². The molecule has 0 saturated heterocycles. The van der Waals surface area contributed by atoms with Crippen molar-refractivity contribution in [3.05, 3.63) is 0 Å².